The fraction of sp³-hybridized carbons (Fsp3) is 0.500. The fourth-order valence-corrected chi connectivity index (χ4v) is 1.55. The molecule has 0 saturated heterocycles. The number of halogens is 2. The van der Waals surface area contributed by atoms with E-state index in [0.717, 1.165) is 6.07 Å². The molecule has 0 aliphatic heterocycles. The van der Waals surface area contributed by atoms with Gasteiger partial charge in [-0.2, -0.15) is 0 Å². The Bertz CT molecular complexity index is 376. The Morgan fingerprint density at radius 3 is 2.44 bits per heavy atom. The highest BCUT2D eigenvalue weighted by Gasteiger charge is 2.21. The minimum Gasteiger partial charge on any atom is -0.493 e. The Kier molecular flexibility index (Phi) is 3.86. The van der Waals surface area contributed by atoms with E-state index in [1.165, 1.54) is 13.2 Å². The summed E-state index contributed by atoms with van der Waals surface area (Å²) in [6.45, 7) is 3.57. The van der Waals surface area contributed by atoms with Gasteiger partial charge in [0.25, 0.3) is 0 Å². The van der Waals surface area contributed by atoms with Crippen LogP contribution in [0.1, 0.15) is 19.4 Å². The highest BCUT2D eigenvalue weighted by molar-refractivity contribution is 5.36. The zero-order valence-electron chi connectivity index (χ0n) is 9.68. The van der Waals surface area contributed by atoms with Crippen LogP contribution in [0.4, 0.5) is 8.78 Å². The summed E-state index contributed by atoms with van der Waals surface area (Å²) in [4.78, 5) is 0. The zero-order chi connectivity index (χ0) is 12.3. The molecule has 1 N–H and O–H groups in total. The lowest BCUT2D eigenvalue weighted by Crippen LogP contribution is -2.20. The van der Waals surface area contributed by atoms with Crippen molar-refractivity contribution in [3.8, 4) is 5.75 Å². The topological polar surface area (TPSA) is 29.5 Å². The molecule has 1 rings (SSSR count). The molecule has 2 nitrogen and oxygen atoms in total. The molecule has 0 aromatic heterocycles. The normalized spacial score (nSPS) is 11.6. The Morgan fingerprint density at radius 2 is 1.94 bits per heavy atom. The monoisotopic (exact) mass is 230 g/mol. The molecule has 4 heteroatoms. The smallest absolute Gasteiger partial charge is 0.168 e. The number of methoxy groups -OCH3 is 1. The first-order valence-electron chi connectivity index (χ1n) is 5.02. The van der Waals surface area contributed by atoms with Crippen molar-refractivity contribution in [2.24, 2.45) is 5.41 Å². The SMILES string of the molecule is COc1c(F)cc(F)cc1CC(C)(C)CO. The van der Waals surface area contributed by atoms with Crippen molar-refractivity contribution in [2.75, 3.05) is 13.7 Å². The molecule has 0 atom stereocenters. The summed E-state index contributed by atoms with van der Waals surface area (Å²) in [6, 6.07) is 2.02. The van der Waals surface area contributed by atoms with Gasteiger partial charge in [0, 0.05) is 18.2 Å². The van der Waals surface area contributed by atoms with Gasteiger partial charge in [-0.15, -0.1) is 0 Å². The molecular weight excluding hydrogens is 214 g/mol. The molecule has 1 aromatic rings. The van der Waals surface area contributed by atoms with Crippen LogP contribution in [-0.4, -0.2) is 18.8 Å². The van der Waals surface area contributed by atoms with Gasteiger partial charge in [-0.3, -0.25) is 0 Å². The Balaban J connectivity index is 3.12. The second kappa shape index (κ2) is 4.78. The second-order valence-electron chi connectivity index (χ2n) is 4.58. The fourth-order valence-electron chi connectivity index (χ4n) is 1.55. The van der Waals surface area contributed by atoms with Crippen molar-refractivity contribution in [1.82, 2.24) is 0 Å². The zero-order valence-corrected chi connectivity index (χ0v) is 9.68. The van der Waals surface area contributed by atoms with Gasteiger partial charge in [-0.05, 0) is 17.9 Å². The standard InChI is InChI=1S/C12H16F2O2/c1-12(2,7-15)6-8-4-9(13)5-10(14)11(8)16-3/h4-5,15H,6-7H2,1-3H3. The predicted molar refractivity (Wildman–Crippen MR) is 57.5 cm³/mol. The average molecular weight is 230 g/mol. The van der Waals surface area contributed by atoms with E-state index in [-0.39, 0.29) is 12.4 Å². The summed E-state index contributed by atoms with van der Waals surface area (Å²) in [5, 5.41) is 9.13. The minimum atomic E-state index is -0.716. The predicted octanol–water partition coefficient (Wildman–Crippen LogP) is 2.53. The maximum absolute atomic E-state index is 13.4. The van der Waals surface area contributed by atoms with Crippen LogP contribution in [0.3, 0.4) is 0 Å². The third-order valence-electron chi connectivity index (χ3n) is 2.39. The minimum absolute atomic E-state index is 0.0444. The second-order valence-corrected chi connectivity index (χ2v) is 4.58. The van der Waals surface area contributed by atoms with Gasteiger partial charge in [0.1, 0.15) is 5.82 Å². The molecule has 0 aliphatic rings. The quantitative estimate of drug-likeness (QED) is 0.861. The molecule has 0 fully saturated rings. The summed E-state index contributed by atoms with van der Waals surface area (Å²) < 4.78 is 31.3. The Labute approximate surface area is 93.9 Å². The van der Waals surface area contributed by atoms with Gasteiger partial charge in [-0.25, -0.2) is 8.78 Å². The van der Waals surface area contributed by atoms with E-state index in [0.29, 0.717) is 12.0 Å². The first-order chi connectivity index (χ1) is 7.39. The van der Waals surface area contributed by atoms with Crippen LogP contribution in [0.15, 0.2) is 12.1 Å². The number of hydrogen-bond acceptors (Lipinski definition) is 2. The van der Waals surface area contributed by atoms with Crippen LogP contribution in [0.25, 0.3) is 0 Å². The molecule has 0 unspecified atom stereocenters. The molecular formula is C12H16F2O2. The van der Waals surface area contributed by atoms with E-state index in [1.54, 1.807) is 0 Å². The molecule has 0 spiro atoms. The highest BCUT2D eigenvalue weighted by Crippen LogP contribution is 2.30. The van der Waals surface area contributed by atoms with Gasteiger partial charge < -0.3 is 9.84 Å². The van der Waals surface area contributed by atoms with E-state index < -0.39 is 17.0 Å². The first-order valence-corrected chi connectivity index (χ1v) is 5.02. The van der Waals surface area contributed by atoms with Crippen LogP contribution in [-0.2, 0) is 6.42 Å². The highest BCUT2D eigenvalue weighted by atomic mass is 19.1. The van der Waals surface area contributed by atoms with Crippen molar-refractivity contribution >= 4 is 0 Å². The summed E-state index contributed by atoms with van der Waals surface area (Å²) in [7, 11) is 1.34. The van der Waals surface area contributed by atoms with E-state index in [9.17, 15) is 8.78 Å². The Hall–Kier alpha value is -1.16. The molecule has 0 amide bonds. The largest absolute Gasteiger partial charge is 0.493 e. The van der Waals surface area contributed by atoms with Crippen LogP contribution in [0.2, 0.25) is 0 Å². The van der Waals surface area contributed by atoms with Crippen LogP contribution >= 0.6 is 0 Å². The summed E-state index contributed by atoms with van der Waals surface area (Å²) in [5.74, 6) is -1.31. The third-order valence-corrected chi connectivity index (χ3v) is 2.39. The number of aliphatic hydroxyl groups excluding tert-OH is 1. The number of ether oxygens (including phenoxy) is 1. The molecule has 16 heavy (non-hydrogen) atoms. The van der Waals surface area contributed by atoms with Crippen molar-refractivity contribution in [3.63, 3.8) is 0 Å². The number of aliphatic hydroxyl groups is 1. The third kappa shape index (κ3) is 2.92. The summed E-state index contributed by atoms with van der Waals surface area (Å²) in [6.07, 6.45) is 0.349. The summed E-state index contributed by atoms with van der Waals surface area (Å²) >= 11 is 0. The van der Waals surface area contributed by atoms with Crippen molar-refractivity contribution in [3.05, 3.63) is 29.3 Å². The van der Waals surface area contributed by atoms with Gasteiger partial charge in [0.2, 0.25) is 0 Å². The summed E-state index contributed by atoms with van der Waals surface area (Å²) in [5.41, 5.74) is -0.00731. The molecule has 0 radical (unpaired) electrons. The lowest BCUT2D eigenvalue weighted by molar-refractivity contribution is 0.158. The van der Waals surface area contributed by atoms with Gasteiger partial charge in [0.15, 0.2) is 11.6 Å². The maximum atomic E-state index is 13.4. The van der Waals surface area contributed by atoms with Crippen molar-refractivity contribution < 1.29 is 18.6 Å². The first kappa shape index (κ1) is 12.9. The van der Waals surface area contributed by atoms with E-state index in [2.05, 4.69) is 0 Å². The molecule has 0 bridgehead atoms. The lowest BCUT2D eigenvalue weighted by atomic mass is 9.86. The van der Waals surface area contributed by atoms with Crippen LogP contribution in [0, 0.1) is 17.0 Å². The van der Waals surface area contributed by atoms with E-state index in [4.69, 9.17) is 9.84 Å². The molecule has 0 aliphatic carbocycles. The van der Waals surface area contributed by atoms with E-state index >= 15 is 0 Å². The van der Waals surface area contributed by atoms with Crippen LogP contribution < -0.4 is 4.74 Å². The maximum Gasteiger partial charge on any atom is 0.168 e. The molecule has 0 heterocycles. The van der Waals surface area contributed by atoms with E-state index in [1.807, 2.05) is 13.8 Å². The number of hydrogen-bond donors (Lipinski definition) is 1. The van der Waals surface area contributed by atoms with Crippen molar-refractivity contribution in [2.45, 2.75) is 20.3 Å². The average Bonchev–Trinajstić information content (AvgIpc) is 2.16. The van der Waals surface area contributed by atoms with Gasteiger partial charge in [-0.1, -0.05) is 13.8 Å². The van der Waals surface area contributed by atoms with Crippen LogP contribution in [0.5, 0.6) is 5.75 Å². The van der Waals surface area contributed by atoms with Crippen molar-refractivity contribution in [1.29, 1.82) is 0 Å². The Morgan fingerprint density at radius 1 is 1.31 bits per heavy atom. The number of rotatable bonds is 4. The molecule has 0 saturated carbocycles. The lowest BCUT2D eigenvalue weighted by Gasteiger charge is -2.22. The molecule has 1 aromatic carbocycles. The molecule has 90 valence electrons. The number of benzene rings is 1. The van der Waals surface area contributed by atoms with Gasteiger partial charge >= 0.3 is 0 Å². The van der Waals surface area contributed by atoms with Gasteiger partial charge in [0.05, 0.1) is 7.11 Å².